The van der Waals surface area contributed by atoms with Crippen molar-refractivity contribution in [3.8, 4) is 23.0 Å². The third-order valence-electron chi connectivity index (χ3n) is 6.80. The molecule has 5 aromatic rings. The lowest BCUT2D eigenvalue weighted by Crippen LogP contribution is -2.14. The molecule has 9 nitrogen and oxygen atoms in total. The molecule has 0 atom stereocenters. The van der Waals surface area contributed by atoms with Gasteiger partial charge in [-0.05, 0) is 65.2 Å². The molecule has 4 aromatic carbocycles. The van der Waals surface area contributed by atoms with E-state index >= 15 is 0 Å². The van der Waals surface area contributed by atoms with E-state index in [1.54, 1.807) is 54.6 Å². The van der Waals surface area contributed by atoms with Crippen LogP contribution in [-0.4, -0.2) is 46.9 Å². The van der Waals surface area contributed by atoms with Gasteiger partial charge in [-0.2, -0.15) is 8.75 Å². The maximum Gasteiger partial charge on any atom is 0.336 e. The highest BCUT2D eigenvalue weighted by molar-refractivity contribution is 7.00. The molecule has 0 spiro atoms. The monoisotopic (exact) mass is 596 g/mol. The molecule has 1 N–H and O–H groups in total. The SMILES string of the molecule is COc1cc(C/C(C(=O)c2ccc(OCc3ccccc3)cc2)=C(\C(=O)O)c2ccc3nsnc3c2)cc(OC)c1OC. The van der Waals surface area contributed by atoms with Crippen molar-refractivity contribution in [3.05, 3.63) is 113 Å². The predicted octanol–water partition coefficient (Wildman–Crippen LogP) is 6.26. The number of benzene rings is 4. The fourth-order valence-corrected chi connectivity index (χ4v) is 5.22. The Bertz CT molecular complexity index is 1770. The molecule has 0 bridgehead atoms. The van der Waals surface area contributed by atoms with Crippen molar-refractivity contribution in [1.29, 1.82) is 0 Å². The Labute approximate surface area is 252 Å². The number of fused-ring (bicyclic) bond motifs is 1. The summed E-state index contributed by atoms with van der Waals surface area (Å²) in [5, 5.41) is 10.5. The van der Waals surface area contributed by atoms with E-state index in [1.807, 2.05) is 30.3 Å². The lowest BCUT2D eigenvalue weighted by Gasteiger charge is -2.17. The Balaban J connectivity index is 1.57. The molecule has 1 aromatic heterocycles. The molecule has 0 saturated heterocycles. The summed E-state index contributed by atoms with van der Waals surface area (Å²) in [6.45, 7) is 0.373. The van der Waals surface area contributed by atoms with Crippen LogP contribution in [0.4, 0.5) is 0 Å². The Hall–Kier alpha value is -5.22. The summed E-state index contributed by atoms with van der Waals surface area (Å²) in [5.41, 5.74) is 3.37. The first-order valence-corrected chi connectivity index (χ1v) is 13.9. The molecule has 10 heteroatoms. The van der Waals surface area contributed by atoms with Crippen molar-refractivity contribution in [3.63, 3.8) is 0 Å². The minimum atomic E-state index is -1.25. The molecule has 5 rings (SSSR count). The zero-order chi connectivity index (χ0) is 30.3. The first-order valence-electron chi connectivity index (χ1n) is 13.2. The number of rotatable bonds is 12. The highest BCUT2D eigenvalue weighted by atomic mass is 32.1. The maximum atomic E-state index is 14.1. The average Bonchev–Trinajstić information content (AvgIpc) is 3.51. The highest BCUT2D eigenvalue weighted by Crippen LogP contribution is 2.39. The maximum absolute atomic E-state index is 14.1. The van der Waals surface area contributed by atoms with E-state index in [1.165, 1.54) is 21.3 Å². The third kappa shape index (κ3) is 6.49. The number of hydrogen-bond acceptors (Lipinski definition) is 9. The summed E-state index contributed by atoms with van der Waals surface area (Å²) in [6, 6.07) is 24.7. The number of aromatic nitrogens is 2. The number of carboxylic acid groups (broad SMARTS) is 1. The largest absolute Gasteiger partial charge is 0.493 e. The van der Waals surface area contributed by atoms with Crippen LogP contribution in [0.2, 0.25) is 0 Å². The molecule has 0 saturated carbocycles. The number of carbonyl (C=O) groups is 2. The molecule has 0 radical (unpaired) electrons. The molecule has 0 amide bonds. The van der Waals surface area contributed by atoms with Crippen molar-refractivity contribution >= 4 is 40.1 Å². The Morgan fingerprint density at radius 3 is 2.02 bits per heavy atom. The Kier molecular flexibility index (Phi) is 8.97. The van der Waals surface area contributed by atoms with Gasteiger partial charge in [0.1, 0.15) is 23.4 Å². The molecule has 218 valence electrons. The number of carboxylic acids is 1. The van der Waals surface area contributed by atoms with E-state index in [2.05, 4.69) is 8.75 Å². The summed E-state index contributed by atoms with van der Waals surface area (Å²) < 4.78 is 30.8. The average molecular weight is 597 g/mol. The summed E-state index contributed by atoms with van der Waals surface area (Å²) in [4.78, 5) is 27.0. The normalized spacial score (nSPS) is 11.5. The molecule has 0 aliphatic heterocycles. The molecule has 0 fully saturated rings. The zero-order valence-corrected chi connectivity index (χ0v) is 24.5. The van der Waals surface area contributed by atoms with Crippen molar-refractivity contribution < 1.29 is 33.6 Å². The highest BCUT2D eigenvalue weighted by Gasteiger charge is 2.26. The molecular weight excluding hydrogens is 568 g/mol. The van der Waals surface area contributed by atoms with Crippen LogP contribution in [-0.2, 0) is 17.8 Å². The topological polar surface area (TPSA) is 117 Å². The van der Waals surface area contributed by atoms with E-state index in [4.69, 9.17) is 18.9 Å². The second-order valence-corrected chi connectivity index (χ2v) is 9.99. The standard InChI is InChI=1S/C33H28N2O7S/c1-39-28-16-21(17-29(40-2)32(28)41-3)15-25(30(33(37)38)23-11-14-26-27(18-23)35-43-34-26)31(36)22-9-12-24(13-10-22)42-19-20-7-5-4-6-8-20/h4-14,16-18H,15,19H2,1-3H3,(H,37,38)/b30-25+. The summed E-state index contributed by atoms with van der Waals surface area (Å²) >= 11 is 1.03. The van der Waals surface area contributed by atoms with Crippen LogP contribution in [0.25, 0.3) is 16.6 Å². The molecule has 0 unspecified atom stereocenters. The van der Waals surface area contributed by atoms with E-state index in [9.17, 15) is 14.7 Å². The van der Waals surface area contributed by atoms with E-state index in [0.29, 0.717) is 57.3 Å². The minimum Gasteiger partial charge on any atom is -0.493 e. The molecule has 0 aliphatic carbocycles. The summed E-state index contributed by atoms with van der Waals surface area (Å²) in [7, 11) is 4.47. The lowest BCUT2D eigenvalue weighted by molar-refractivity contribution is -0.130. The van der Waals surface area contributed by atoms with Gasteiger partial charge >= 0.3 is 5.97 Å². The minimum absolute atomic E-state index is 0.0310. The van der Waals surface area contributed by atoms with E-state index in [-0.39, 0.29) is 17.6 Å². The van der Waals surface area contributed by atoms with Crippen LogP contribution in [0.5, 0.6) is 23.0 Å². The zero-order valence-electron chi connectivity index (χ0n) is 23.7. The molecule has 43 heavy (non-hydrogen) atoms. The first kappa shape index (κ1) is 29.3. The van der Waals surface area contributed by atoms with Crippen LogP contribution >= 0.6 is 11.7 Å². The predicted molar refractivity (Wildman–Crippen MR) is 163 cm³/mol. The van der Waals surface area contributed by atoms with Crippen LogP contribution in [0.15, 0.2) is 90.5 Å². The van der Waals surface area contributed by atoms with Gasteiger partial charge in [0.15, 0.2) is 17.3 Å². The van der Waals surface area contributed by atoms with Gasteiger partial charge in [-0.1, -0.05) is 36.4 Å². The molecule has 1 heterocycles. The quantitative estimate of drug-likeness (QED) is 0.132. The number of carbonyl (C=O) groups excluding carboxylic acids is 1. The Morgan fingerprint density at radius 2 is 1.40 bits per heavy atom. The van der Waals surface area contributed by atoms with Crippen molar-refractivity contribution in [1.82, 2.24) is 8.75 Å². The van der Waals surface area contributed by atoms with Crippen molar-refractivity contribution in [2.24, 2.45) is 0 Å². The van der Waals surface area contributed by atoms with Gasteiger partial charge in [0.25, 0.3) is 0 Å². The first-order chi connectivity index (χ1) is 20.9. The summed E-state index contributed by atoms with van der Waals surface area (Å²) in [5.74, 6) is 0.0383. The van der Waals surface area contributed by atoms with Gasteiger partial charge in [0, 0.05) is 17.6 Å². The molecule has 0 aliphatic rings. The van der Waals surface area contributed by atoms with Gasteiger partial charge in [0.2, 0.25) is 5.75 Å². The van der Waals surface area contributed by atoms with E-state index < -0.39 is 11.8 Å². The number of aliphatic carboxylic acids is 1. The number of methoxy groups -OCH3 is 3. The second-order valence-electron chi connectivity index (χ2n) is 9.46. The van der Waals surface area contributed by atoms with Gasteiger partial charge in [-0.15, -0.1) is 0 Å². The number of ether oxygens (including phenoxy) is 4. The van der Waals surface area contributed by atoms with Crippen LogP contribution in [0.3, 0.4) is 0 Å². The van der Waals surface area contributed by atoms with Crippen molar-refractivity contribution in [2.75, 3.05) is 21.3 Å². The lowest BCUT2D eigenvalue weighted by atomic mass is 9.89. The second kappa shape index (κ2) is 13.2. The number of allylic oxidation sites excluding steroid dienone is 1. The number of hydrogen-bond donors (Lipinski definition) is 1. The van der Waals surface area contributed by atoms with Crippen LogP contribution in [0, 0.1) is 0 Å². The van der Waals surface area contributed by atoms with Crippen LogP contribution in [0.1, 0.15) is 27.0 Å². The van der Waals surface area contributed by atoms with Gasteiger partial charge < -0.3 is 24.1 Å². The third-order valence-corrected chi connectivity index (χ3v) is 7.36. The summed E-state index contributed by atoms with van der Waals surface area (Å²) in [6.07, 6.45) is -0.0310. The van der Waals surface area contributed by atoms with Crippen LogP contribution < -0.4 is 18.9 Å². The van der Waals surface area contributed by atoms with Gasteiger partial charge in [-0.25, -0.2) is 4.79 Å². The number of Topliss-reactive ketones (excluding diaryl/α,β-unsaturated/α-hetero) is 1. The number of ketones is 1. The fraction of sp³-hybridized carbons (Fsp3) is 0.152. The Morgan fingerprint density at radius 1 is 0.744 bits per heavy atom. The smallest absolute Gasteiger partial charge is 0.336 e. The van der Waals surface area contributed by atoms with Gasteiger partial charge in [-0.3, -0.25) is 4.79 Å². The fourth-order valence-electron chi connectivity index (χ4n) is 4.71. The van der Waals surface area contributed by atoms with Gasteiger partial charge in [0.05, 0.1) is 38.6 Å². The van der Waals surface area contributed by atoms with E-state index in [0.717, 1.165) is 17.3 Å². The molecular formula is C33H28N2O7S. The number of nitrogens with zero attached hydrogens (tertiary/aromatic N) is 2. The van der Waals surface area contributed by atoms with Crippen molar-refractivity contribution in [2.45, 2.75) is 13.0 Å².